The van der Waals surface area contributed by atoms with E-state index in [2.05, 4.69) is 9.97 Å². The Bertz CT molecular complexity index is 539. The van der Waals surface area contributed by atoms with Crippen molar-refractivity contribution in [1.29, 1.82) is 0 Å². The SMILES string of the molecule is CC(=O)c1ccc(-c2cc(C)nc(C)n2)cc1. The van der Waals surface area contributed by atoms with Crippen LogP contribution in [-0.4, -0.2) is 15.8 Å². The van der Waals surface area contributed by atoms with Gasteiger partial charge in [0.15, 0.2) is 5.78 Å². The molecule has 0 amide bonds. The molecular formula is C14H14N2O. The maximum atomic E-state index is 11.2. The van der Waals surface area contributed by atoms with Gasteiger partial charge in [-0.15, -0.1) is 0 Å². The predicted molar refractivity (Wildman–Crippen MR) is 66.9 cm³/mol. The second-order valence-electron chi connectivity index (χ2n) is 4.08. The van der Waals surface area contributed by atoms with Crippen molar-refractivity contribution in [3.63, 3.8) is 0 Å². The molecule has 17 heavy (non-hydrogen) atoms. The monoisotopic (exact) mass is 226 g/mol. The molecule has 0 aliphatic heterocycles. The second kappa shape index (κ2) is 4.45. The van der Waals surface area contributed by atoms with E-state index >= 15 is 0 Å². The van der Waals surface area contributed by atoms with E-state index in [1.807, 2.05) is 44.2 Å². The molecule has 0 atom stereocenters. The van der Waals surface area contributed by atoms with Crippen LogP contribution in [0.25, 0.3) is 11.3 Å². The first-order valence-electron chi connectivity index (χ1n) is 5.50. The van der Waals surface area contributed by atoms with E-state index in [9.17, 15) is 4.79 Å². The Morgan fingerprint density at radius 2 is 1.71 bits per heavy atom. The van der Waals surface area contributed by atoms with Crippen LogP contribution in [0.1, 0.15) is 28.8 Å². The molecule has 0 N–H and O–H groups in total. The summed E-state index contributed by atoms with van der Waals surface area (Å²) in [5, 5.41) is 0. The van der Waals surface area contributed by atoms with Gasteiger partial charge in [0.05, 0.1) is 5.69 Å². The van der Waals surface area contributed by atoms with E-state index in [0.717, 1.165) is 28.3 Å². The number of rotatable bonds is 2. The van der Waals surface area contributed by atoms with Crippen LogP contribution in [0.3, 0.4) is 0 Å². The third-order valence-electron chi connectivity index (χ3n) is 2.55. The van der Waals surface area contributed by atoms with Gasteiger partial charge in [0, 0.05) is 16.8 Å². The van der Waals surface area contributed by atoms with Crippen LogP contribution in [0.5, 0.6) is 0 Å². The summed E-state index contributed by atoms with van der Waals surface area (Å²) >= 11 is 0. The molecular weight excluding hydrogens is 212 g/mol. The number of benzene rings is 1. The number of aromatic nitrogens is 2. The maximum absolute atomic E-state index is 11.2. The number of nitrogens with zero attached hydrogens (tertiary/aromatic N) is 2. The van der Waals surface area contributed by atoms with Crippen molar-refractivity contribution in [2.24, 2.45) is 0 Å². The molecule has 0 aliphatic carbocycles. The van der Waals surface area contributed by atoms with Crippen LogP contribution < -0.4 is 0 Å². The highest BCUT2D eigenvalue weighted by molar-refractivity contribution is 5.94. The fourth-order valence-electron chi connectivity index (χ4n) is 1.74. The van der Waals surface area contributed by atoms with E-state index in [1.54, 1.807) is 6.92 Å². The van der Waals surface area contributed by atoms with Crippen molar-refractivity contribution in [1.82, 2.24) is 9.97 Å². The summed E-state index contributed by atoms with van der Waals surface area (Å²) in [6, 6.07) is 9.42. The Hall–Kier alpha value is -2.03. The smallest absolute Gasteiger partial charge is 0.159 e. The molecule has 0 fully saturated rings. The molecule has 3 heteroatoms. The quantitative estimate of drug-likeness (QED) is 0.739. The lowest BCUT2D eigenvalue weighted by Gasteiger charge is -2.04. The minimum Gasteiger partial charge on any atom is -0.295 e. The van der Waals surface area contributed by atoms with Gasteiger partial charge in [-0.3, -0.25) is 4.79 Å². The molecule has 0 radical (unpaired) electrons. The lowest BCUT2D eigenvalue weighted by atomic mass is 10.1. The van der Waals surface area contributed by atoms with Crippen molar-refractivity contribution >= 4 is 5.78 Å². The summed E-state index contributed by atoms with van der Waals surface area (Å²) in [7, 11) is 0. The third-order valence-corrected chi connectivity index (χ3v) is 2.55. The van der Waals surface area contributed by atoms with Gasteiger partial charge in [-0.2, -0.15) is 0 Å². The zero-order chi connectivity index (χ0) is 12.4. The van der Waals surface area contributed by atoms with Crippen LogP contribution >= 0.6 is 0 Å². The van der Waals surface area contributed by atoms with Gasteiger partial charge in [-0.25, -0.2) is 9.97 Å². The number of carbonyl (C=O) groups excluding carboxylic acids is 1. The zero-order valence-corrected chi connectivity index (χ0v) is 10.2. The fraction of sp³-hybridized carbons (Fsp3) is 0.214. The minimum atomic E-state index is 0.0756. The predicted octanol–water partition coefficient (Wildman–Crippen LogP) is 2.96. The van der Waals surface area contributed by atoms with E-state index in [1.165, 1.54) is 0 Å². The van der Waals surface area contributed by atoms with Gasteiger partial charge >= 0.3 is 0 Å². The molecule has 2 rings (SSSR count). The van der Waals surface area contributed by atoms with Crippen LogP contribution in [-0.2, 0) is 0 Å². The first-order chi connectivity index (χ1) is 8.06. The highest BCUT2D eigenvalue weighted by Crippen LogP contribution is 2.18. The van der Waals surface area contributed by atoms with Crippen LogP contribution in [0.4, 0.5) is 0 Å². The highest BCUT2D eigenvalue weighted by Gasteiger charge is 2.04. The van der Waals surface area contributed by atoms with Crippen molar-refractivity contribution in [3.05, 3.63) is 47.4 Å². The van der Waals surface area contributed by atoms with Crippen LogP contribution in [0.15, 0.2) is 30.3 Å². The van der Waals surface area contributed by atoms with Gasteiger partial charge in [-0.05, 0) is 26.8 Å². The topological polar surface area (TPSA) is 42.9 Å². The Morgan fingerprint density at radius 3 is 2.24 bits per heavy atom. The Kier molecular flexibility index (Phi) is 3.00. The molecule has 0 saturated heterocycles. The molecule has 0 bridgehead atoms. The fourth-order valence-corrected chi connectivity index (χ4v) is 1.74. The van der Waals surface area contributed by atoms with E-state index in [4.69, 9.17) is 0 Å². The van der Waals surface area contributed by atoms with E-state index < -0.39 is 0 Å². The average Bonchev–Trinajstić information content (AvgIpc) is 2.28. The van der Waals surface area contributed by atoms with Crippen molar-refractivity contribution < 1.29 is 4.79 Å². The summed E-state index contributed by atoms with van der Waals surface area (Å²) in [5.41, 5.74) is 3.56. The summed E-state index contributed by atoms with van der Waals surface area (Å²) in [4.78, 5) is 19.8. The molecule has 1 aromatic carbocycles. The first-order valence-corrected chi connectivity index (χ1v) is 5.50. The number of hydrogen-bond donors (Lipinski definition) is 0. The third kappa shape index (κ3) is 2.56. The van der Waals surface area contributed by atoms with Crippen molar-refractivity contribution in [2.75, 3.05) is 0 Å². The molecule has 3 nitrogen and oxygen atoms in total. The molecule has 0 saturated carbocycles. The molecule has 0 aliphatic rings. The number of aryl methyl sites for hydroxylation is 2. The standard InChI is InChI=1S/C14H14N2O/c1-9-8-14(16-11(3)15-9)13-6-4-12(5-7-13)10(2)17/h4-8H,1-3H3. The van der Waals surface area contributed by atoms with Crippen LogP contribution in [0, 0.1) is 13.8 Å². The summed E-state index contributed by atoms with van der Waals surface area (Å²) in [6.45, 7) is 5.39. The number of ketones is 1. The van der Waals surface area contributed by atoms with Crippen molar-refractivity contribution in [3.8, 4) is 11.3 Å². The average molecular weight is 226 g/mol. The Labute approximate surface area is 101 Å². The molecule has 0 spiro atoms. The Balaban J connectivity index is 2.43. The van der Waals surface area contributed by atoms with Gasteiger partial charge in [0.1, 0.15) is 5.82 Å². The molecule has 86 valence electrons. The van der Waals surface area contributed by atoms with Gasteiger partial charge in [0.2, 0.25) is 0 Å². The lowest BCUT2D eigenvalue weighted by Crippen LogP contribution is -1.95. The molecule has 1 heterocycles. The van der Waals surface area contributed by atoms with E-state index in [-0.39, 0.29) is 5.78 Å². The largest absolute Gasteiger partial charge is 0.295 e. The van der Waals surface area contributed by atoms with E-state index in [0.29, 0.717) is 0 Å². The Morgan fingerprint density at radius 1 is 1.06 bits per heavy atom. The normalized spacial score (nSPS) is 10.3. The van der Waals surface area contributed by atoms with Gasteiger partial charge in [-0.1, -0.05) is 24.3 Å². The summed E-state index contributed by atoms with van der Waals surface area (Å²) < 4.78 is 0. The van der Waals surface area contributed by atoms with Gasteiger partial charge in [0.25, 0.3) is 0 Å². The molecule has 0 unspecified atom stereocenters. The number of carbonyl (C=O) groups is 1. The maximum Gasteiger partial charge on any atom is 0.159 e. The summed E-state index contributed by atoms with van der Waals surface area (Å²) in [6.07, 6.45) is 0. The highest BCUT2D eigenvalue weighted by atomic mass is 16.1. The molecule has 2 aromatic rings. The van der Waals surface area contributed by atoms with Gasteiger partial charge < -0.3 is 0 Å². The number of Topliss-reactive ketones (excluding diaryl/α,β-unsaturated/α-hetero) is 1. The van der Waals surface area contributed by atoms with Crippen LogP contribution in [0.2, 0.25) is 0 Å². The molecule has 1 aromatic heterocycles. The second-order valence-corrected chi connectivity index (χ2v) is 4.08. The zero-order valence-electron chi connectivity index (χ0n) is 10.2. The number of hydrogen-bond acceptors (Lipinski definition) is 3. The lowest BCUT2D eigenvalue weighted by molar-refractivity contribution is 0.101. The first kappa shape index (κ1) is 11.5. The summed E-state index contributed by atoms with van der Waals surface area (Å²) in [5.74, 6) is 0.835. The minimum absolute atomic E-state index is 0.0756. The van der Waals surface area contributed by atoms with Crippen molar-refractivity contribution in [2.45, 2.75) is 20.8 Å².